The molecule has 1 aliphatic rings. The molecule has 13 nitrogen and oxygen atoms in total. The molecule has 0 saturated heterocycles. The van der Waals surface area contributed by atoms with Gasteiger partial charge in [-0.1, -0.05) is 30.3 Å². The molecule has 0 aliphatic heterocycles. The van der Waals surface area contributed by atoms with E-state index in [0.29, 0.717) is 0 Å². The van der Waals surface area contributed by atoms with Crippen molar-refractivity contribution in [3.05, 3.63) is 76.9 Å². The maximum Gasteiger partial charge on any atom is 0.325 e. The van der Waals surface area contributed by atoms with Crippen LogP contribution >= 0.6 is 0 Å². The van der Waals surface area contributed by atoms with E-state index in [4.69, 9.17) is 11.5 Å². The summed E-state index contributed by atoms with van der Waals surface area (Å²) in [6.45, 7) is 1.28. The Kier molecular flexibility index (Phi) is 8.28. The summed E-state index contributed by atoms with van der Waals surface area (Å²) in [4.78, 5) is 42.2. The fourth-order valence-corrected chi connectivity index (χ4v) is 6.32. The highest BCUT2D eigenvalue weighted by Crippen LogP contribution is 2.40. The number of carbonyl (C=O) groups excluding carboxylic acids is 3. The van der Waals surface area contributed by atoms with Crippen LogP contribution in [-0.4, -0.2) is 59.8 Å². The molecule has 1 unspecified atom stereocenters. The molecule has 1 aliphatic carbocycles. The summed E-state index contributed by atoms with van der Waals surface area (Å²) in [6.07, 6.45) is 0. The molecule has 15 heteroatoms. The van der Waals surface area contributed by atoms with Crippen LogP contribution in [0.4, 0.5) is 17.1 Å². The van der Waals surface area contributed by atoms with Crippen molar-refractivity contribution < 1.29 is 40.4 Å². The third-order valence-electron chi connectivity index (χ3n) is 6.18. The van der Waals surface area contributed by atoms with Crippen molar-refractivity contribution in [3.63, 3.8) is 0 Å². The molecule has 41 heavy (non-hydrogen) atoms. The van der Waals surface area contributed by atoms with Crippen LogP contribution in [-0.2, 0) is 34.0 Å². The lowest BCUT2D eigenvalue weighted by Gasteiger charge is -2.24. The summed E-state index contributed by atoms with van der Waals surface area (Å²) in [5.74, 6) is -2.22. The summed E-state index contributed by atoms with van der Waals surface area (Å²) in [7, 11) is -7.58. The number of sulfone groups is 1. The Morgan fingerprint density at radius 2 is 1.59 bits per heavy atom. The topological polar surface area (TPSA) is 214 Å². The highest BCUT2D eigenvalue weighted by atomic mass is 32.2. The van der Waals surface area contributed by atoms with Gasteiger partial charge in [0.05, 0.1) is 46.3 Å². The fourth-order valence-electron chi connectivity index (χ4n) is 4.24. The summed E-state index contributed by atoms with van der Waals surface area (Å²) in [5.41, 5.74) is 10.7. The Bertz CT molecular complexity index is 1790. The third kappa shape index (κ3) is 5.84. The predicted molar refractivity (Wildman–Crippen MR) is 148 cm³/mol. The van der Waals surface area contributed by atoms with Gasteiger partial charge in [0.25, 0.3) is 0 Å². The first-order valence-corrected chi connectivity index (χ1v) is 15.1. The Labute approximate surface area is 235 Å². The number of rotatable bonds is 10. The number of nitrogens with one attached hydrogen (secondary N) is 2. The predicted octanol–water partition coefficient (Wildman–Crippen LogP) is 1.29. The van der Waals surface area contributed by atoms with Crippen LogP contribution in [0.1, 0.15) is 38.8 Å². The average molecular weight is 603 g/mol. The lowest BCUT2D eigenvalue weighted by Crippen LogP contribution is -2.40. The lowest BCUT2D eigenvalue weighted by molar-refractivity contribution is -0.172. The third-order valence-corrected chi connectivity index (χ3v) is 9.09. The van der Waals surface area contributed by atoms with E-state index in [2.05, 4.69) is 19.9 Å². The zero-order chi connectivity index (χ0) is 30.1. The molecule has 6 N–H and O–H groups in total. The van der Waals surface area contributed by atoms with Crippen LogP contribution in [0.3, 0.4) is 0 Å². The number of nitrogens with two attached hydrogens (primary N) is 2. The number of ketones is 2. The fraction of sp³-hybridized carbons (Fsp3) is 0.192. The molecule has 1 amide bonds. The van der Waals surface area contributed by atoms with E-state index in [1.807, 2.05) is 0 Å². The Morgan fingerprint density at radius 1 is 0.951 bits per heavy atom. The maximum absolute atomic E-state index is 13.6. The molecule has 4 rings (SSSR count). The molecule has 0 heterocycles. The van der Waals surface area contributed by atoms with Gasteiger partial charge in [-0.2, -0.15) is 8.42 Å². The molecule has 0 fully saturated rings. The molecule has 0 aromatic heterocycles. The van der Waals surface area contributed by atoms with Crippen molar-refractivity contribution in [2.24, 2.45) is 5.73 Å². The second-order valence-corrected chi connectivity index (χ2v) is 12.6. The van der Waals surface area contributed by atoms with Crippen molar-refractivity contribution in [3.8, 4) is 0 Å². The molecular weight excluding hydrogens is 576 g/mol. The molecule has 1 atom stereocenters. The molecule has 3 aromatic rings. The van der Waals surface area contributed by atoms with E-state index < -0.39 is 59.8 Å². The van der Waals surface area contributed by atoms with Gasteiger partial charge in [0.15, 0.2) is 21.4 Å². The summed E-state index contributed by atoms with van der Waals surface area (Å²) in [5, 5.41) is 5.29. The van der Waals surface area contributed by atoms with Gasteiger partial charge < -0.3 is 22.1 Å². The first-order valence-electron chi connectivity index (χ1n) is 12.0. The normalized spacial score (nSPS) is 13.7. The minimum absolute atomic E-state index is 0.0362. The van der Waals surface area contributed by atoms with Gasteiger partial charge in [-0.25, -0.2) is 13.3 Å². The zero-order valence-corrected chi connectivity index (χ0v) is 23.5. The minimum atomic E-state index is -4.65. The number of benzene rings is 3. The van der Waals surface area contributed by atoms with Crippen LogP contribution in [0, 0.1) is 0 Å². The number of hydrogen-bond donors (Lipinski definition) is 4. The molecular formula is C26H26N4O9S2. The minimum Gasteiger partial charge on any atom is -0.397 e. The van der Waals surface area contributed by atoms with Crippen molar-refractivity contribution in [1.82, 2.24) is 5.32 Å². The van der Waals surface area contributed by atoms with Crippen LogP contribution in [0.25, 0.3) is 0 Å². The quantitative estimate of drug-likeness (QED) is 0.115. The van der Waals surface area contributed by atoms with Gasteiger partial charge in [-0.05, 0) is 31.2 Å². The summed E-state index contributed by atoms with van der Waals surface area (Å²) in [6, 6.07) is 11.7. The Morgan fingerprint density at radius 3 is 2.20 bits per heavy atom. The van der Waals surface area contributed by atoms with Gasteiger partial charge in [0.1, 0.15) is 4.90 Å². The van der Waals surface area contributed by atoms with E-state index in [1.54, 1.807) is 12.1 Å². The number of fused-ring (bicyclic) bond motifs is 2. The molecule has 0 radical (unpaired) electrons. The summed E-state index contributed by atoms with van der Waals surface area (Å²) >= 11 is 0. The number of amides is 1. The van der Waals surface area contributed by atoms with E-state index >= 15 is 0 Å². The van der Waals surface area contributed by atoms with E-state index in [0.717, 1.165) is 13.2 Å². The number of anilines is 3. The van der Waals surface area contributed by atoms with Gasteiger partial charge in [0, 0.05) is 23.4 Å². The molecule has 3 aromatic carbocycles. The van der Waals surface area contributed by atoms with Crippen LogP contribution < -0.4 is 22.1 Å². The maximum atomic E-state index is 13.6. The lowest BCUT2D eigenvalue weighted by atomic mass is 9.82. The van der Waals surface area contributed by atoms with E-state index in [9.17, 15) is 31.2 Å². The molecule has 0 bridgehead atoms. The SMILES string of the molecule is COOS(=O)(=O)c1cc(Nc2cccc(S(=O)(=O)CCNC(=O)C(C)N)c2)c2c(c1N)C(=O)c1ccccc1C2=O. The first kappa shape index (κ1) is 29.8. The van der Waals surface area contributed by atoms with Crippen LogP contribution in [0.15, 0.2) is 64.4 Å². The number of carbonyl (C=O) groups is 3. The van der Waals surface area contributed by atoms with Gasteiger partial charge in [-0.15, -0.1) is 4.33 Å². The zero-order valence-electron chi connectivity index (χ0n) is 21.8. The van der Waals surface area contributed by atoms with Crippen LogP contribution in [0.2, 0.25) is 0 Å². The van der Waals surface area contributed by atoms with Crippen LogP contribution in [0.5, 0.6) is 0 Å². The van der Waals surface area contributed by atoms with Crippen molar-refractivity contribution in [2.45, 2.75) is 22.8 Å². The summed E-state index contributed by atoms with van der Waals surface area (Å²) < 4.78 is 55.8. The highest BCUT2D eigenvalue weighted by molar-refractivity contribution is 7.91. The van der Waals surface area contributed by atoms with E-state index in [1.165, 1.54) is 43.3 Å². The average Bonchev–Trinajstić information content (AvgIpc) is 2.92. The Balaban J connectivity index is 1.79. The standard InChI is InChI=1S/C26H26N4O9S2/c1-14(27)26(33)29-10-11-40(34,35)16-7-5-6-15(12-16)30-19-13-20(41(36,37)39-38-2)23(28)22-21(19)24(31)17-8-3-4-9-18(17)25(22)32/h3-9,12-14,30H,10-11,27-28H2,1-2H3,(H,29,33). The number of hydrogen-bond acceptors (Lipinski definition) is 12. The Hall–Kier alpha value is -4.15. The highest BCUT2D eigenvalue weighted by Gasteiger charge is 2.37. The van der Waals surface area contributed by atoms with Crippen molar-refractivity contribution in [2.75, 3.05) is 30.5 Å². The molecule has 0 spiro atoms. The van der Waals surface area contributed by atoms with Gasteiger partial charge in [-0.3, -0.25) is 14.4 Å². The first-order chi connectivity index (χ1) is 19.3. The van der Waals surface area contributed by atoms with Crippen molar-refractivity contribution in [1.29, 1.82) is 0 Å². The van der Waals surface area contributed by atoms with Gasteiger partial charge >= 0.3 is 10.1 Å². The molecule has 0 saturated carbocycles. The number of nitrogen functional groups attached to an aromatic ring is 1. The largest absolute Gasteiger partial charge is 0.397 e. The second-order valence-electron chi connectivity index (χ2n) is 9.03. The van der Waals surface area contributed by atoms with Gasteiger partial charge in [0.2, 0.25) is 5.91 Å². The van der Waals surface area contributed by atoms with Crippen molar-refractivity contribution >= 4 is 54.5 Å². The second kappa shape index (κ2) is 11.4. The monoisotopic (exact) mass is 602 g/mol. The molecule has 216 valence electrons. The van der Waals surface area contributed by atoms with E-state index in [-0.39, 0.29) is 45.1 Å². The smallest absolute Gasteiger partial charge is 0.325 e.